The SMILES string of the molecule is COc1cc(C(N)Cc2ccc(Cl)s2)ncn1. The minimum Gasteiger partial charge on any atom is -0.481 e. The summed E-state index contributed by atoms with van der Waals surface area (Å²) >= 11 is 7.40. The Morgan fingerprint density at radius 1 is 1.47 bits per heavy atom. The zero-order valence-electron chi connectivity index (χ0n) is 9.26. The third-order valence-electron chi connectivity index (χ3n) is 2.30. The summed E-state index contributed by atoms with van der Waals surface area (Å²) in [5, 5.41) is 0. The van der Waals surface area contributed by atoms with Gasteiger partial charge in [-0.3, -0.25) is 0 Å². The first-order chi connectivity index (χ1) is 8.19. The fourth-order valence-corrected chi connectivity index (χ4v) is 2.60. The third kappa shape index (κ3) is 3.15. The number of thiophene rings is 1. The molecule has 0 amide bonds. The molecule has 4 nitrogen and oxygen atoms in total. The summed E-state index contributed by atoms with van der Waals surface area (Å²) in [6.45, 7) is 0. The average Bonchev–Trinajstić information content (AvgIpc) is 2.75. The highest BCUT2D eigenvalue weighted by Gasteiger charge is 2.11. The van der Waals surface area contributed by atoms with Crippen molar-refractivity contribution in [1.29, 1.82) is 0 Å². The van der Waals surface area contributed by atoms with Crippen LogP contribution in [-0.2, 0) is 6.42 Å². The van der Waals surface area contributed by atoms with Gasteiger partial charge in [0.2, 0.25) is 5.88 Å². The molecule has 17 heavy (non-hydrogen) atoms. The number of halogens is 1. The average molecular weight is 270 g/mol. The molecule has 0 saturated carbocycles. The van der Waals surface area contributed by atoms with E-state index in [0.29, 0.717) is 12.3 Å². The molecule has 0 aliphatic carbocycles. The molecule has 6 heteroatoms. The fraction of sp³-hybridized carbons (Fsp3) is 0.273. The zero-order valence-corrected chi connectivity index (χ0v) is 10.8. The molecule has 0 saturated heterocycles. The Kier molecular flexibility index (Phi) is 3.93. The van der Waals surface area contributed by atoms with Crippen molar-refractivity contribution in [2.24, 2.45) is 5.73 Å². The summed E-state index contributed by atoms with van der Waals surface area (Å²) in [5.74, 6) is 0.523. The van der Waals surface area contributed by atoms with Crippen molar-refractivity contribution in [2.45, 2.75) is 12.5 Å². The summed E-state index contributed by atoms with van der Waals surface area (Å²) in [6, 6.07) is 5.42. The molecule has 2 N–H and O–H groups in total. The van der Waals surface area contributed by atoms with Crippen LogP contribution in [0.5, 0.6) is 5.88 Å². The molecule has 0 fully saturated rings. The maximum Gasteiger partial charge on any atom is 0.216 e. The van der Waals surface area contributed by atoms with Crippen molar-refractivity contribution in [3.05, 3.63) is 39.4 Å². The molecular formula is C11H12ClN3OS. The van der Waals surface area contributed by atoms with E-state index in [4.69, 9.17) is 22.1 Å². The van der Waals surface area contributed by atoms with Crippen LogP contribution in [-0.4, -0.2) is 17.1 Å². The fourth-order valence-electron chi connectivity index (χ4n) is 1.45. The molecule has 1 atom stereocenters. The predicted octanol–water partition coefficient (Wildman–Crippen LogP) is 2.44. The van der Waals surface area contributed by atoms with Crippen LogP contribution in [0.15, 0.2) is 24.5 Å². The standard InChI is InChI=1S/C11H12ClN3OS/c1-16-11-5-9(14-6-15-11)8(13)4-7-2-3-10(12)17-7/h2-3,5-6,8H,4,13H2,1H3. The molecule has 2 aromatic rings. The Morgan fingerprint density at radius 3 is 2.94 bits per heavy atom. The number of methoxy groups -OCH3 is 1. The van der Waals surface area contributed by atoms with Crippen LogP contribution in [0.3, 0.4) is 0 Å². The molecule has 1 unspecified atom stereocenters. The highest BCUT2D eigenvalue weighted by molar-refractivity contribution is 7.16. The van der Waals surface area contributed by atoms with E-state index < -0.39 is 0 Å². The number of nitrogens with zero attached hydrogens (tertiary/aromatic N) is 2. The van der Waals surface area contributed by atoms with Crippen LogP contribution in [0.4, 0.5) is 0 Å². The molecule has 2 heterocycles. The van der Waals surface area contributed by atoms with E-state index >= 15 is 0 Å². The molecule has 2 aromatic heterocycles. The molecular weight excluding hydrogens is 258 g/mol. The second-order valence-corrected chi connectivity index (χ2v) is 5.30. The lowest BCUT2D eigenvalue weighted by molar-refractivity contribution is 0.395. The van der Waals surface area contributed by atoms with Gasteiger partial charge in [0.05, 0.1) is 23.2 Å². The van der Waals surface area contributed by atoms with Crippen molar-refractivity contribution >= 4 is 22.9 Å². The number of ether oxygens (including phenoxy) is 1. The van der Waals surface area contributed by atoms with E-state index in [1.54, 1.807) is 13.2 Å². The first kappa shape index (κ1) is 12.3. The Hall–Kier alpha value is -1.17. The Morgan fingerprint density at radius 2 is 2.29 bits per heavy atom. The van der Waals surface area contributed by atoms with Crippen LogP contribution in [0.2, 0.25) is 4.34 Å². The molecule has 0 aliphatic rings. The van der Waals surface area contributed by atoms with Gasteiger partial charge in [-0.1, -0.05) is 11.6 Å². The molecule has 0 aliphatic heterocycles. The Bertz CT molecular complexity index is 503. The van der Waals surface area contributed by atoms with Gasteiger partial charge in [-0.2, -0.15) is 0 Å². The predicted molar refractivity (Wildman–Crippen MR) is 68.5 cm³/mol. The maximum absolute atomic E-state index is 6.08. The number of nitrogens with two attached hydrogens (primary N) is 1. The van der Waals surface area contributed by atoms with E-state index in [0.717, 1.165) is 14.9 Å². The maximum atomic E-state index is 6.08. The molecule has 0 radical (unpaired) electrons. The highest BCUT2D eigenvalue weighted by atomic mass is 35.5. The van der Waals surface area contributed by atoms with E-state index in [1.807, 2.05) is 12.1 Å². The topological polar surface area (TPSA) is 61.0 Å². The molecule has 0 bridgehead atoms. The lowest BCUT2D eigenvalue weighted by Gasteiger charge is -2.10. The van der Waals surface area contributed by atoms with Crippen LogP contribution < -0.4 is 10.5 Å². The first-order valence-electron chi connectivity index (χ1n) is 5.05. The van der Waals surface area contributed by atoms with Crippen molar-refractivity contribution in [2.75, 3.05) is 7.11 Å². The van der Waals surface area contributed by atoms with Crippen LogP contribution in [0, 0.1) is 0 Å². The largest absolute Gasteiger partial charge is 0.481 e. The second-order valence-electron chi connectivity index (χ2n) is 3.50. The van der Waals surface area contributed by atoms with E-state index in [2.05, 4.69) is 9.97 Å². The summed E-state index contributed by atoms with van der Waals surface area (Å²) in [6.07, 6.45) is 2.16. The lowest BCUT2D eigenvalue weighted by atomic mass is 10.1. The van der Waals surface area contributed by atoms with Gasteiger partial charge in [0.15, 0.2) is 0 Å². The highest BCUT2D eigenvalue weighted by Crippen LogP contribution is 2.25. The van der Waals surface area contributed by atoms with E-state index in [-0.39, 0.29) is 6.04 Å². The Balaban J connectivity index is 2.11. The van der Waals surface area contributed by atoms with Gasteiger partial charge in [0, 0.05) is 17.4 Å². The molecule has 0 spiro atoms. The van der Waals surface area contributed by atoms with Crippen molar-refractivity contribution < 1.29 is 4.74 Å². The van der Waals surface area contributed by atoms with Crippen molar-refractivity contribution in [3.8, 4) is 5.88 Å². The smallest absolute Gasteiger partial charge is 0.216 e. The van der Waals surface area contributed by atoms with Gasteiger partial charge < -0.3 is 10.5 Å². The van der Waals surface area contributed by atoms with Gasteiger partial charge in [-0.25, -0.2) is 9.97 Å². The first-order valence-corrected chi connectivity index (χ1v) is 6.24. The molecule has 0 aromatic carbocycles. The summed E-state index contributed by atoms with van der Waals surface area (Å²) in [4.78, 5) is 9.23. The number of rotatable bonds is 4. The van der Waals surface area contributed by atoms with Crippen LogP contribution in [0.1, 0.15) is 16.6 Å². The summed E-state index contributed by atoms with van der Waals surface area (Å²) < 4.78 is 5.80. The van der Waals surface area contributed by atoms with Crippen LogP contribution >= 0.6 is 22.9 Å². The van der Waals surface area contributed by atoms with Crippen molar-refractivity contribution in [1.82, 2.24) is 9.97 Å². The van der Waals surface area contributed by atoms with Crippen molar-refractivity contribution in [3.63, 3.8) is 0 Å². The molecule has 90 valence electrons. The van der Waals surface area contributed by atoms with Gasteiger partial charge in [0.1, 0.15) is 6.33 Å². The van der Waals surface area contributed by atoms with E-state index in [1.165, 1.54) is 17.7 Å². The Labute approximate surface area is 108 Å². The van der Waals surface area contributed by atoms with Gasteiger partial charge in [0.25, 0.3) is 0 Å². The van der Waals surface area contributed by atoms with Gasteiger partial charge in [-0.05, 0) is 12.1 Å². The quantitative estimate of drug-likeness (QED) is 0.926. The summed E-state index contributed by atoms with van der Waals surface area (Å²) in [7, 11) is 1.57. The number of hydrogen-bond donors (Lipinski definition) is 1. The van der Waals surface area contributed by atoms with Crippen LogP contribution in [0.25, 0.3) is 0 Å². The lowest BCUT2D eigenvalue weighted by Crippen LogP contribution is -2.14. The molecule has 2 rings (SSSR count). The monoisotopic (exact) mass is 269 g/mol. The minimum absolute atomic E-state index is 0.179. The number of hydrogen-bond acceptors (Lipinski definition) is 5. The third-order valence-corrected chi connectivity index (χ3v) is 3.56. The van der Waals surface area contributed by atoms with Gasteiger partial charge >= 0.3 is 0 Å². The van der Waals surface area contributed by atoms with Gasteiger partial charge in [-0.15, -0.1) is 11.3 Å². The summed E-state index contributed by atoms with van der Waals surface area (Å²) in [5.41, 5.74) is 6.84. The minimum atomic E-state index is -0.179. The second kappa shape index (κ2) is 5.44. The normalized spacial score (nSPS) is 12.4. The number of aromatic nitrogens is 2. The van der Waals surface area contributed by atoms with E-state index in [9.17, 15) is 0 Å². The zero-order chi connectivity index (χ0) is 12.3.